The maximum absolute atomic E-state index is 13.4. The van der Waals surface area contributed by atoms with E-state index in [4.69, 9.17) is 30.5 Å². The maximum atomic E-state index is 13.4. The summed E-state index contributed by atoms with van der Waals surface area (Å²) in [7, 11) is 0. The molecule has 0 aliphatic carbocycles. The molecule has 0 bridgehead atoms. The van der Waals surface area contributed by atoms with Crippen LogP contribution in [-0.4, -0.2) is 27.7 Å². The van der Waals surface area contributed by atoms with E-state index in [1.54, 1.807) is 18.3 Å². The van der Waals surface area contributed by atoms with E-state index in [1.807, 2.05) is 66.7 Å². The Kier molecular flexibility index (Phi) is 5.19. The molecule has 1 aliphatic rings. The maximum Gasteiger partial charge on any atom is 0.317 e. The quantitative estimate of drug-likeness (QED) is 0.259. The summed E-state index contributed by atoms with van der Waals surface area (Å²) in [5.74, 6) is 1.30. The summed E-state index contributed by atoms with van der Waals surface area (Å²) in [6, 6.07) is 24.6. The van der Waals surface area contributed by atoms with Crippen molar-refractivity contribution in [3.8, 4) is 33.9 Å². The molecule has 7 rings (SSSR count). The fourth-order valence-electron chi connectivity index (χ4n) is 4.44. The highest BCUT2D eigenvalue weighted by Crippen LogP contribution is 2.37. The molecule has 0 saturated heterocycles. The van der Waals surface area contributed by atoms with Crippen LogP contribution in [0.25, 0.3) is 44.6 Å². The van der Waals surface area contributed by atoms with Crippen molar-refractivity contribution in [2.24, 2.45) is 5.10 Å². The van der Waals surface area contributed by atoms with Crippen molar-refractivity contribution in [1.82, 2.24) is 14.6 Å². The number of aromatic nitrogens is 3. The first-order valence-electron chi connectivity index (χ1n) is 11.7. The lowest BCUT2D eigenvalue weighted by atomic mass is 10.00. The smallest absolute Gasteiger partial charge is 0.317 e. The van der Waals surface area contributed by atoms with E-state index in [-0.39, 0.29) is 12.4 Å². The van der Waals surface area contributed by atoms with Gasteiger partial charge in [-0.15, -0.1) is 0 Å². The Hall–Kier alpha value is -4.95. The summed E-state index contributed by atoms with van der Waals surface area (Å²) in [4.78, 5) is 22.7. The summed E-state index contributed by atoms with van der Waals surface area (Å²) in [5, 5.41) is 5.60. The number of fused-ring (bicyclic) bond motifs is 4. The molecule has 0 atom stereocenters. The summed E-state index contributed by atoms with van der Waals surface area (Å²) in [6.07, 6.45) is 2.93. The van der Waals surface area contributed by atoms with Gasteiger partial charge in [-0.3, -0.25) is 4.79 Å². The van der Waals surface area contributed by atoms with Crippen LogP contribution < -0.4 is 15.0 Å². The number of benzene rings is 3. The average Bonchev–Trinajstić information content (AvgIpc) is 3.58. The summed E-state index contributed by atoms with van der Waals surface area (Å²) in [5.41, 5.74) is 4.46. The third kappa shape index (κ3) is 3.79. The zero-order valence-corrected chi connectivity index (χ0v) is 20.4. The summed E-state index contributed by atoms with van der Waals surface area (Å²) < 4.78 is 17.9. The number of pyridine rings is 1. The molecule has 0 radical (unpaired) electrons. The second kappa shape index (κ2) is 8.86. The molecule has 9 heteroatoms. The monoisotopic (exact) mass is 520 g/mol. The zero-order valence-electron chi connectivity index (χ0n) is 19.7. The summed E-state index contributed by atoms with van der Waals surface area (Å²) in [6.45, 7) is 0.181. The fraction of sp³-hybridized carbons (Fsp3) is 0.0345. The lowest BCUT2D eigenvalue weighted by molar-refractivity contribution is 0.174. The van der Waals surface area contributed by atoms with Gasteiger partial charge >= 0.3 is 5.56 Å². The molecule has 0 spiro atoms. The van der Waals surface area contributed by atoms with Crippen LogP contribution in [0.2, 0.25) is 5.02 Å². The van der Waals surface area contributed by atoms with Crippen LogP contribution in [0.3, 0.4) is 0 Å². The number of nitrogens with zero attached hydrogens (tertiary/aromatic N) is 4. The third-order valence-corrected chi connectivity index (χ3v) is 6.54. The third-order valence-electron chi connectivity index (χ3n) is 6.29. The number of rotatable bonds is 4. The van der Waals surface area contributed by atoms with Crippen molar-refractivity contribution in [2.75, 3.05) is 6.79 Å². The van der Waals surface area contributed by atoms with Crippen molar-refractivity contribution in [1.29, 1.82) is 0 Å². The van der Waals surface area contributed by atoms with Crippen LogP contribution in [-0.2, 0) is 0 Å². The van der Waals surface area contributed by atoms with Crippen molar-refractivity contribution >= 4 is 40.0 Å². The predicted molar refractivity (Wildman–Crippen MR) is 145 cm³/mol. The van der Waals surface area contributed by atoms with Gasteiger partial charge in [0.2, 0.25) is 18.1 Å². The minimum Gasteiger partial charge on any atom is -0.454 e. The lowest BCUT2D eigenvalue weighted by Gasteiger charge is -2.07. The van der Waals surface area contributed by atoms with Gasteiger partial charge in [0, 0.05) is 10.6 Å². The zero-order chi connectivity index (χ0) is 25.6. The van der Waals surface area contributed by atoms with Crippen molar-refractivity contribution < 1.29 is 13.9 Å². The molecule has 1 aliphatic heterocycles. The second-order valence-corrected chi connectivity index (χ2v) is 9.08. The fourth-order valence-corrected chi connectivity index (χ4v) is 4.56. The molecule has 4 heterocycles. The van der Waals surface area contributed by atoms with Crippen molar-refractivity contribution in [2.45, 2.75) is 0 Å². The van der Waals surface area contributed by atoms with Gasteiger partial charge in [-0.25, -0.2) is 9.97 Å². The topological polar surface area (TPSA) is 91.7 Å². The summed E-state index contributed by atoms with van der Waals surface area (Å²) >= 11 is 6.09. The van der Waals surface area contributed by atoms with Crippen molar-refractivity contribution in [3.63, 3.8) is 0 Å². The Bertz CT molecular complexity index is 1930. The van der Waals surface area contributed by atoms with Crippen LogP contribution in [0.4, 0.5) is 0 Å². The molecule has 0 fully saturated rings. The first-order valence-corrected chi connectivity index (χ1v) is 12.1. The first kappa shape index (κ1) is 22.3. The Labute approximate surface area is 220 Å². The predicted octanol–water partition coefficient (Wildman–Crippen LogP) is 6.14. The molecular weight excluding hydrogens is 504 g/mol. The standard InChI is InChI=1S/C29H17ClN4O4/c30-20-9-7-19(8-10-20)22-13-21(18-4-2-1-3-5-18)25-26-27(38-28(25)33-22)29(35)34(15-31-26)32-14-17-6-11-23-24(12-17)37-16-36-23/h1-15H,16H2/b32-14+. The largest absolute Gasteiger partial charge is 0.454 e. The van der Waals surface area contributed by atoms with E-state index >= 15 is 0 Å². The van der Waals surface area contributed by atoms with E-state index in [9.17, 15) is 4.79 Å². The minimum absolute atomic E-state index is 0.0725. The molecule has 8 nitrogen and oxygen atoms in total. The van der Waals surface area contributed by atoms with Gasteiger partial charge in [-0.05, 0) is 53.1 Å². The van der Waals surface area contributed by atoms with Gasteiger partial charge < -0.3 is 13.9 Å². The molecule has 3 aromatic heterocycles. The molecule has 0 unspecified atom stereocenters. The van der Waals surface area contributed by atoms with Gasteiger partial charge in [0.05, 0.1) is 17.3 Å². The van der Waals surface area contributed by atoms with Crippen molar-refractivity contribution in [3.05, 3.63) is 106 Å². The molecular formula is C29H17ClN4O4. The highest BCUT2D eigenvalue weighted by Gasteiger charge is 2.20. The average molecular weight is 521 g/mol. The molecule has 184 valence electrons. The van der Waals surface area contributed by atoms with Gasteiger partial charge in [0.25, 0.3) is 0 Å². The van der Waals surface area contributed by atoms with E-state index < -0.39 is 5.56 Å². The molecule has 6 aromatic rings. The first-order chi connectivity index (χ1) is 18.6. The van der Waals surface area contributed by atoms with Crippen LogP contribution in [0.5, 0.6) is 11.5 Å². The Morgan fingerprint density at radius 3 is 2.58 bits per heavy atom. The van der Waals surface area contributed by atoms with Crippen LogP contribution >= 0.6 is 11.6 Å². The molecule has 0 amide bonds. The Morgan fingerprint density at radius 2 is 1.74 bits per heavy atom. The lowest BCUT2D eigenvalue weighted by Crippen LogP contribution is -2.16. The van der Waals surface area contributed by atoms with Crippen LogP contribution in [0.15, 0.2) is 99.5 Å². The van der Waals surface area contributed by atoms with Gasteiger partial charge in [-0.1, -0.05) is 54.1 Å². The molecule has 38 heavy (non-hydrogen) atoms. The van der Waals surface area contributed by atoms with Gasteiger partial charge in [0.15, 0.2) is 11.5 Å². The number of furan rings is 1. The highest BCUT2D eigenvalue weighted by molar-refractivity contribution is 6.30. The SMILES string of the molecule is O=c1c2oc3nc(-c4ccc(Cl)cc4)cc(-c4ccccc4)c3c2ncn1/N=C/c1ccc2c(c1)OCO2. The number of hydrogen-bond acceptors (Lipinski definition) is 7. The number of halogens is 1. The Balaban J connectivity index is 1.39. The number of ether oxygens (including phenoxy) is 2. The molecule has 3 aromatic carbocycles. The second-order valence-electron chi connectivity index (χ2n) is 8.64. The Morgan fingerprint density at radius 1 is 0.921 bits per heavy atom. The minimum atomic E-state index is -0.447. The normalized spacial score (nSPS) is 12.7. The van der Waals surface area contributed by atoms with Crippen LogP contribution in [0.1, 0.15) is 5.56 Å². The van der Waals surface area contributed by atoms with Gasteiger partial charge in [0.1, 0.15) is 11.8 Å². The van der Waals surface area contributed by atoms with E-state index in [0.29, 0.717) is 38.8 Å². The molecule has 0 saturated carbocycles. The van der Waals surface area contributed by atoms with Crippen LogP contribution in [0, 0.1) is 0 Å². The number of hydrogen-bond donors (Lipinski definition) is 0. The molecule has 0 N–H and O–H groups in total. The van der Waals surface area contributed by atoms with E-state index in [1.165, 1.54) is 6.33 Å². The van der Waals surface area contributed by atoms with E-state index in [0.717, 1.165) is 26.9 Å². The van der Waals surface area contributed by atoms with Gasteiger partial charge in [-0.2, -0.15) is 9.78 Å². The highest BCUT2D eigenvalue weighted by atomic mass is 35.5. The van der Waals surface area contributed by atoms with E-state index in [2.05, 4.69) is 10.1 Å².